The first kappa shape index (κ1) is 14.9. The molecule has 1 aliphatic rings. The van der Waals surface area contributed by atoms with Crippen LogP contribution in [0.5, 0.6) is 11.5 Å². The van der Waals surface area contributed by atoms with Crippen molar-refractivity contribution >= 4 is 32.8 Å². The number of fused-ring (bicyclic) bond motifs is 2. The summed E-state index contributed by atoms with van der Waals surface area (Å²) < 4.78 is 11.3. The standard InChI is InChI=1S/C8H7ClO2.C7H5BrO/c1-11-7-4-2-6(3-5-7)8(9)10;8-7-5-2-1-3-6(7)9-4-5/h2-5H,1H3;1-3H,4H2. The Hall–Kier alpha value is -1.52. The SMILES string of the molecule is Brc1c2cccc1OC2.COc1ccc(C(=O)Cl)cc1. The van der Waals surface area contributed by atoms with E-state index in [-0.39, 0.29) is 0 Å². The van der Waals surface area contributed by atoms with Gasteiger partial charge in [0, 0.05) is 11.1 Å². The zero-order chi connectivity index (χ0) is 14.5. The lowest BCUT2D eigenvalue weighted by Gasteiger charge is -1.98. The summed E-state index contributed by atoms with van der Waals surface area (Å²) in [4.78, 5) is 10.6. The molecular weight excluding hydrogens is 344 g/mol. The van der Waals surface area contributed by atoms with Gasteiger partial charge in [0.15, 0.2) is 0 Å². The number of carbonyl (C=O) groups is 1. The van der Waals surface area contributed by atoms with E-state index in [0.717, 1.165) is 16.8 Å². The molecule has 0 unspecified atom stereocenters. The number of hydrogen-bond acceptors (Lipinski definition) is 3. The lowest BCUT2D eigenvalue weighted by molar-refractivity contribution is 0.108. The molecule has 0 saturated heterocycles. The first-order valence-corrected chi connectivity index (χ1v) is 7.03. The highest BCUT2D eigenvalue weighted by Gasteiger charge is 2.13. The molecule has 0 saturated carbocycles. The second-order valence-corrected chi connectivity index (χ2v) is 5.16. The highest BCUT2D eigenvalue weighted by Crippen LogP contribution is 2.34. The number of rotatable bonds is 2. The van der Waals surface area contributed by atoms with Gasteiger partial charge in [-0.3, -0.25) is 4.79 Å². The molecule has 0 amide bonds. The van der Waals surface area contributed by atoms with Gasteiger partial charge in [0.2, 0.25) is 0 Å². The predicted octanol–water partition coefficient (Wildman–Crippen LogP) is 4.42. The van der Waals surface area contributed by atoms with Crippen LogP contribution in [0, 0.1) is 0 Å². The average Bonchev–Trinajstić information content (AvgIpc) is 2.69. The van der Waals surface area contributed by atoms with Crippen molar-refractivity contribution in [1.29, 1.82) is 0 Å². The van der Waals surface area contributed by atoms with Crippen LogP contribution in [0.25, 0.3) is 0 Å². The van der Waals surface area contributed by atoms with Crippen LogP contribution in [-0.2, 0) is 6.61 Å². The molecule has 0 radical (unpaired) electrons. The van der Waals surface area contributed by atoms with E-state index in [1.807, 2.05) is 12.1 Å². The van der Waals surface area contributed by atoms with Crippen LogP contribution < -0.4 is 9.47 Å². The highest BCUT2D eigenvalue weighted by atomic mass is 79.9. The van der Waals surface area contributed by atoms with E-state index >= 15 is 0 Å². The average molecular weight is 356 g/mol. The summed E-state index contributed by atoms with van der Waals surface area (Å²) in [7, 11) is 1.57. The Morgan fingerprint density at radius 2 is 1.95 bits per heavy atom. The van der Waals surface area contributed by atoms with Gasteiger partial charge in [-0.05, 0) is 57.9 Å². The number of benzene rings is 2. The lowest BCUT2D eigenvalue weighted by atomic mass is 10.2. The maximum Gasteiger partial charge on any atom is 0.252 e. The molecule has 3 rings (SSSR count). The molecule has 2 bridgehead atoms. The van der Waals surface area contributed by atoms with Crippen molar-refractivity contribution in [3.8, 4) is 11.5 Å². The van der Waals surface area contributed by atoms with Gasteiger partial charge in [-0.2, -0.15) is 0 Å². The third-order valence-electron chi connectivity index (χ3n) is 2.74. The van der Waals surface area contributed by atoms with Crippen molar-refractivity contribution < 1.29 is 14.3 Å². The van der Waals surface area contributed by atoms with Gasteiger partial charge < -0.3 is 9.47 Å². The Morgan fingerprint density at radius 3 is 2.45 bits per heavy atom. The minimum Gasteiger partial charge on any atom is -0.497 e. The summed E-state index contributed by atoms with van der Waals surface area (Å²) in [5.41, 5.74) is 1.72. The summed E-state index contributed by atoms with van der Waals surface area (Å²) in [5.74, 6) is 1.68. The third kappa shape index (κ3) is 3.52. The Bertz CT molecular complexity index is 589. The number of hydrogen-bond donors (Lipinski definition) is 0. The van der Waals surface area contributed by atoms with Crippen LogP contribution in [-0.4, -0.2) is 12.4 Å². The first-order chi connectivity index (χ1) is 9.61. The van der Waals surface area contributed by atoms with E-state index in [4.69, 9.17) is 21.1 Å². The fraction of sp³-hybridized carbons (Fsp3) is 0.133. The van der Waals surface area contributed by atoms with Crippen LogP contribution >= 0.6 is 27.5 Å². The van der Waals surface area contributed by atoms with Crippen molar-refractivity contribution in [2.45, 2.75) is 6.61 Å². The molecule has 0 N–H and O–H groups in total. The maximum absolute atomic E-state index is 10.6. The third-order valence-corrected chi connectivity index (χ3v) is 3.86. The maximum atomic E-state index is 10.6. The minimum atomic E-state index is -0.451. The van der Waals surface area contributed by atoms with Gasteiger partial charge in [0.05, 0.1) is 11.6 Å². The molecule has 0 spiro atoms. The van der Waals surface area contributed by atoms with Crippen molar-refractivity contribution in [2.75, 3.05) is 7.11 Å². The molecule has 0 atom stereocenters. The Morgan fingerprint density at radius 1 is 1.25 bits per heavy atom. The minimum absolute atomic E-state index is 0.451. The summed E-state index contributed by atoms with van der Waals surface area (Å²) in [6.07, 6.45) is 0. The predicted molar refractivity (Wildman–Crippen MR) is 81.7 cm³/mol. The van der Waals surface area contributed by atoms with Crippen LogP contribution in [0.2, 0.25) is 0 Å². The smallest absolute Gasteiger partial charge is 0.252 e. The van der Waals surface area contributed by atoms with Gasteiger partial charge >= 0.3 is 0 Å². The summed E-state index contributed by atoms with van der Waals surface area (Å²) in [5, 5.41) is -0.451. The van der Waals surface area contributed by atoms with E-state index in [9.17, 15) is 4.79 Å². The molecule has 1 aliphatic heterocycles. The largest absolute Gasteiger partial charge is 0.497 e. The Kier molecular flexibility index (Phi) is 5.04. The molecule has 0 aromatic heterocycles. The van der Waals surface area contributed by atoms with Crippen molar-refractivity contribution in [3.05, 3.63) is 58.1 Å². The monoisotopic (exact) mass is 354 g/mol. The molecule has 2 aromatic carbocycles. The van der Waals surface area contributed by atoms with Crippen LogP contribution in [0.3, 0.4) is 0 Å². The van der Waals surface area contributed by atoms with Gasteiger partial charge in [-0.25, -0.2) is 0 Å². The van der Waals surface area contributed by atoms with Gasteiger partial charge in [-0.1, -0.05) is 12.1 Å². The second-order valence-electron chi connectivity index (χ2n) is 4.02. The van der Waals surface area contributed by atoms with E-state index in [2.05, 4.69) is 22.0 Å². The van der Waals surface area contributed by atoms with E-state index in [0.29, 0.717) is 11.3 Å². The Balaban J connectivity index is 0.000000149. The first-order valence-electron chi connectivity index (χ1n) is 5.86. The van der Waals surface area contributed by atoms with Crippen LogP contribution in [0.15, 0.2) is 46.9 Å². The van der Waals surface area contributed by atoms with Gasteiger partial charge in [0.1, 0.15) is 18.1 Å². The molecule has 20 heavy (non-hydrogen) atoms. The van der Waals surface area contributed by atoms with Gasteiger partial charge in [-0.15, -0.1) is 0 Å². The highest BCUT2D eigenvalue weighted by molar-refractivity contribution is 9.10. The summed E-state index contributed by atoms with van der Waals surface area (Å²) in [6.45, 7) is 0.725. The molecule has 2 aromatic rings. The van der Waals surface area contributed by atoms with Gasteiger partial charge in [0.25, 0.3) is 5.24 Å². The lowest BCUT2D eigenvalue weighted by Crippen LogP contribution is -1.88. The fourth-order valence-corrected chi connectivity index (χ4v) is 2.28. The zero-order valence-electron chi connectivity index (χ0n) is 10.7. The number of ether oxygens (including phenoxy) is 2. The molecule has 0 aliphatic carbocycles. The molecule has 1 heterocycles. The normalized spacial score (nSPS) is 11.2. The molecule has 0 fully saturated rings. The number of methoxy groups -OCH3 is 1. The fourth-order valence-electron chi connectivity index (χ4n) is 1.66. The molecular formula is C15H12BrClO3. The quantitative estimate of drug-likeness (QED) is 0.748. The number of carbonyl (C=O) groups excluding carboxylic acids is 1. The van der Waals surface area contributed by atoms with Crippen molar-refractivity contribution in [1.82, 2.24) is 0 Å². The van der Waals surface area contributed by atoms with Crippen molar-refractivity contribution in [2.24, 2.45) is 0 Å². The van der Waals surface area contributed by atoms with E-state index < -0.39 is 5.24 Å². The topological polar surface area (TPSA) is 35.5 Å². The number of halogens is 2. The summed E-state index contributed by atoms with van der Waals surface area (Å²) in [6, 6.07) is 12.6. The van der Waals surface area contributed by atoms with E-state index in [1.54, 1.807) is 31.4 Å². The molecule has 104 valence electrons. The molecule has 5 heteroatoms. The van der Waals surface area contributed by atoms with Crippen LogP contribution in [0.4, 0.5) is 0 Å². The summed E-state index contributed by atoms with van der Waals surface area (Å²) >= 11 is 8.64. The van der Waals surface area contributed by atoms with E-state index in [1.165, 1.54) is 5.56 Å². The van der Waals surface area contributed by atoms with Crippen LogP contribution in [0.1, 0.15) is 15.9 Å². The van der Waals surface area contributed by atoms with Crippen molar-refractivity contribution in [3.63, 3.8) is 0 Å². The molecule has 3 nitrogen and oxygen atoms in total. The second kappa shape index (κ2) is 6.77. The zero-order valence-corrected chi connectivity index (χ0v) is 13.1. The Labute approximate surface area is 130 Å².